The van der Waals surface area contributed by atoms with Gasteiger partial charge in [-0.25, -0.2) is 0 Å². The molecule has 1 aliphatic carbocycles. The van der Waals surface area contributed by atoms with E-state index in [1.54, 1.807) is 0 Å². The molecule has 2 fully saturated rings. The van der Waals surface area contributed by atoms with Crippen LogP contribution >= 0.6 is 11.8 Å². The summed E-state index contributed by atoms with van der Waals surface area (Å²) in [4.78, 5) is 0. The molecular weight excluding hydrogens is 230 g/mol. The molecule has 2 aliphatic rings. The first-order chi connectivity index (χ1) is 8.40. The van der Waals surface area contributed by atoms with Crippen molar-refractivity contribution in [1.82, 2.24) is 5.32 Å². The van der Waals surface area contributed by atoms with Gasteiger partial charge >= 0.3 is 0 Å². The van der Waals surface area contributed by atoms with Crippen molar-refractivity contribution >= 4 is 11.8 Å². The Hall–Kier alpha value is 0.270. The van der Waals surface area contributed by atoms with Gasteiger partial charge in [-0.3, -0.25) is 0 Å². The van der Waals surface area contributed by atoms with E-state index in [4.69, 9.17) is 4.74 Å². The Morgan fingerprint density at radius 3 is 2.94 bits per heavy atom. The van der Waals surface area contributed by atoms with Crippen LogP contribution in [0.25, 0.3) is 0 Å². The molecule has 0 aromatic carbocycles. The summed E-state index contributed by atoms with van der Waals surface area (Å²) >= 11 is 2.10. The third kappa shape index (κ3) is 4.46. The van der Waals surface area contributed by atoms with E-state index in [2.05, 4.69) is 24.0 Å². The quantitative estimate of drug-likeness (QED) is 0.708. The highest BCUT2D eigenvalue weighted by atomic mass is 32.2. The zero-order valence-electron chi connectivity index (χ0n) is 11.1. The highest BCUT2D eigenvalue weighted by molar-refractivity contribution is 7.99. The lowest BCUT2D eigenvalue weighted by atomic mass is 10.0. The monoisotopic (exact) mass is 257 g/mol. The predicted molar refractivity (Wildman–Crippen MR) is 75.7 cm³/mol. The summed E-state index contributed by atoms with van der Waals surface area (Å²) in [6, 6.07) is 0.809. The molecule has 0 aromatic heterocycles. The second-order valence-corrected chi connectivity index (χ2v) is 6.50. The topological polar surface area (TPSA) is 21.3 Å². The van der Waals surface area contributed by atoms with Crippen LogP contribution in [0.1, 0.15) is 45.4 Å². The van der Waals surface area contributed by atoms with Crippen molar-refractivity contribution in [2.24, 2.45) is 5.92 Å². The largest absolute Gasteiger partial charge is 0.377 e. The second-order valence-electron chi connectivity index (χ2n) is 5.35. The van der Waals surface area contributed by atoms with Gasteiger partial charge in [0.2, 0.25) is 0 Å². The molecule has 2 nitrogen and oxygen atoms in total. The van der Waals surface area contributed by atoms with Crippen LogP contribution in [0.2, 0.25) is 0 Å². The van der Waals surface area contributed by atoms with E-state index in [1.165, 1.54) is 50.0 Å². The normalized spacial score (nSPS) is 33.4. The number of hydrogen-bond acceptors (Lipinski definition) is 3. The molecule has 17 heavy (non-hydrogen) atoms. The summed E-state index contributed by atoms with van der Waals surface area (Å²) in [6.45, 7) is 4.35. The van der Waals surface area contributed by atoms with Gasteiger partial charge in [-0.15, -0.1) is 0 Å². The zero-order valence-corrected chi connectivity index (χ0v) is 11.9. The van der Waals surface area contributed by atoms with Crippen molar-refractivity contribution in [2.75, 3.05) is 24.7 Å². The van der Waals surface area contributed by atoms with E-state index in [9.17, 15) is 0 Å². The zero-order chi connectivity index (χ0) is 11.9. The van der Waals surface area contributed by atoms with Crippen molar-refractivity contribution in [1.29, 1.82) is 0 Å². The summed E-state index contributed by atoms with van der Waals surface area (Å²) < 4.78 is 5.65. The van der Waals surface area contributed by atoms with Crippen LogP contribution in [0, 0.1) is 5.92 Å². The molecule has 3 atom stereocenters. The molecule has 1 saturated carbocycles. The van der Waals surface area contributed by atoms with Gasteiger partial charge in [0.05, 0.1) is 6.10 Å². The van der Waals surface area contributed by atoms with Crippen molar-refractivity contribution in [3.05, 3.63) is 0 Å². The Bertz CT molecular complexity index is 206. The summed E-state index contributed by atoms with van der Waals surface area (Å²) in [5.41, 5.74) is 0. The Kier molecular flexibility index (Phi) is 6.16. The van der Waals surface area contributed by atoms with E-state index in [-0.39, 0.29) is 0 Å². The lowest BCUT2D eigenvalue weighted by Crippen LogP contribution is -2.32. The molecule has 2 rings (SSSR count). The molecule has 1 heterocycles. The molecule has 0 spiro atoms. The highest BCUT2D eigenvalue weighted by Gasteiger charge is 2.25. The minimum atomic E-state index is 0.563. The van der Waals surface area contributed by atoms with Crippen LogP contribution in [-0.2, 0) is 4.74 Å². The van der Waals surface area contributed by atoms with Crippen molar-refractivity contribution in [3.8, 4) is 0 Å². The van der Waals surface area contributed by atoms with E-state index in [1.807, 2.05) is 0 Å². The van der Waals surface area contributed by atoms with Gasteiger partial charge < -0.3 is 10.1 Å². The SMILES string of the molecule is CCNC1CCCC1CCSCC1CCCO1. The van der Waals surface area contributed by atoms with E-state index < -0.39 is 0 Å². The summed E-state index contributed by atoms with van der Waals surface area (Å²) in [7, 11) is 0. The highest BCUT2D eigenvalue weighted by Crippen LogP contribution is 2.30. The summed E-state index contributed by atoms with van der Waals surface area (Å²) in [5, 5.41) is 3.64. The van der Waals surface area contributed by atoms with Gasteiger partial charge in [-0.1, -0.05) is 13.3 Å². The minimum absolute atomic E-state index is 0.563. The molecule has 1 saturated heterocycles. The first-order valence-corrected chi connectivity index (χ1v) is 8.48. The van der Waals surface area contributed by atoms with E-state index >= 15 is 0 Å². The van der Waals surface area contributed by atoms with E-state index in [0.717, 1.165) is 25.1 Å². The molecule has 3 heteroatoms. The van der Waals surface area contributed by atoms with Crippen LogP contribution in [0.15, 0.2) is 0 Å². The first-order valence-electron chi connectivity index (χ1n) is 7.33. The molecule has 0 amide bonds. The Morgan fingerprint density at radius 1 is 1.24 bits per heavy atom. The molecule has 0 aromatic rings. The van der Waals surface area contributed by atoms with Gasteiger partial charge in [-0.2, -0.15) is 11.8 Å². The molecule has 1 aliphatic heterocycles. The fraction of sp³-hybridized carbons (Fsp3) is 1.00. The molecule has 1 N–H and O–H groups in total. The van der Waals surface area contributed by atoms with Gasteiger partial charge in [-0.05, 0) is 50.3 Å². The number of nitrogens with one attached hydrogen (secondary N) is 1. The smallest absolute Gasteiger partial charge is 0.0666 e. The Balaban J connectivity index is 1.54. The van der Waals surface area contributed by atoms with Gasteiger partial charge in [0.25, 0.3) is 0 Å². The standard InChI is InChI=1S/C14H27NOS/c1-2-15-14-7-3-5-12(14)8-10-17-11-13-6-4-9-16-13/h12-15H,2-11H2,1H3. The van der Waals surface area contributed by atoms with Crippen LogP contribution in [0.3, 0.4) is 0 Å². The second kappa shape index (κ2) is 7.65. The molecular formula is C14H27NOS. The maximum absolute atomic E-state index is 5.65. The maximum atomic E-state index is 5.65. The third-order valence-corrected chi connectivity index (χ3v) is 5.22. The average Bonchev–Trinajstić information content (AvgIpc) is 2.96. The summed E-state index contributed by atoms with van der Waals surface area (Å²) in [6.07, 6.45) is 8.79. The predicted octanol–water partition coefficient (Wildman–Crippen LogP) is 3.07. The molecule has 3 unspecified atom stereocenters. The van der Waals surface area contributed by atoms with Crippen LogP contribution in [0.4, 0.5) is 0 Å². The third-order valence-electron chi connectivity index (χ3n) is 4.09. The first kappa shape index (κ1) is 13.7. The van der Waals surface area contributed by atoms with E-state index in [0.29, 0.717) is 6.10 Å². The van der Waals surface area contributed by atoms with Crippen molar-refractivity contribution in [3.63, 3.8) is 0 Å². The van der Waals surface area contributed by atoms with Crippen molar-refractivity contribution in [2.45, 2.75) is 57.6 Å². The Labute approximate surface area is 110 Å². The van der Waals surface area contributed by atoms with Gasteiger partial charge in [0, 0.05) is 18.4 Å². The van der Waals surface area contributed by atoms with Gasteiger partial charge in [0.15, 0.2) is 0 Å². The van der Waals surface area contributed by atoms with Crippen LogP contribution in [0.5, 0.6) is 0 Å². The number of thioether (sulfide) groups is 1. The van der Waals surface area contributed by atoms with Gasteiger partial charge in [0.1, 0.15) is 0 Å². The fourth-order valence-electron chi connectivity index (χ4n) is 3.14. The van der Waals surface area contributed by atoms with Crippen LogP contribution < -0.4 is 5.32 Å². The molecule has 100 valence electrons. The molecule has 0 radical (unpaired) electrons. The Morgan fingerprint density at radius 2 is 2.18 bits per heavy atom. The lowest BCUT2D eigenvalue weighted by Gasteiger charge is -2.20. The fourth-order valence-corrected chi connectivity index (χ4v) is 4.30. The average molecular weight is 257 g/mol. The summed E-state index contributed by atoms with van der Waals surface area (Å²) in [5.74, 6) is 3.48. The number of ether oxygens (including phenoxy) is 1. The maximum Gasteiger partial charge on any atom is 0.0666 e. The lowest BCUT2D eigenvalue weighted by molar-refractivity contribution is 0.129. The van der Waals surface area contributed by atoms with Crippen molar-refractivity contribution < 1.29 is 4.74 Å². The number of hydrogen-bond donors (Lipinski definition) is 1. The number of rotatable bonds is 7. The molecule has 0 bridgehead atoms. The van der Waals surface area contributed by atoms with Crippen LogP contribution in [-0.4, -0.2) is 36.8 Å². The minimum Gasteiger partial charge on any atom is -0.377 e.